The van der Waals surface area contributed by atoms with Crippen molar-refractivity contribution in [3.8, 4) is 5.75 Å². The molecule has 1 nitrogen and oxygen atoms in total. The van der Waals surface area contributed by atoms with Crippen LogP contribution in [0, 0.1) is 5.92 Å². The molecule has 0 spiro atoms. The van der Waals surface area contributed by atoms with Gasteiger partial charge in [-0.2, -0.15) is 0 Å². The molecule has 0 fully saturated rings. The zero-order valence-corrected chi connectivity index (χ0v) is 11.4. The van der Waals surface area contributed by atoms with Crippen molar-refractivity contribution in [3.05, 3.63) is 28.2 Å². The Labute approximate surface area is 105 Å². The number of rotatable bonds is 5. The van der Waals surface area contributed by atoms with Gasteiger partial charge in [-0.1, -0.05) is 26.3 Å². The third-order valence-electron chi connectivity index (χ3n) is 2.37. The van der Waals surface area contributed by atoms with Crippen molar-refractivity contribution in [2.24, 2.45) is 5.92 Å². The van der Waals surface area contributed by atoms with Crippen LogP contribution in [0.25, 0.3) is 0 Å². The fourth-order valence-corrected chi connectivity index (χ4v) is 1.80. The van der Waals surface area contributed by atoms with E-state index < -0.39 is 0 Å². The van der Waals surface area contributed by atoms with Gasteiger partial charge in [0.25, 0.3) is 0 Å². The summed E-state index contributed by atoms with van der Waals surface area (Å²) in [5, 5.41) is 0. The van der Waals surface area contributed by atoms with Crippen molar-refractivity contribution < 1.29 is 4.74 Å². The molecule has 1 atom stereocenters. The molecule has 1 aromatic rings. The minimum absolute atomic E-state index is 0.532. The lowest BCUT2D eigenvalue weighted by atomic mass is 10.1. The van der Waals surface area contributed by atoms with E-state index in [4.69, 9.17) is 16.3 Å². The van der Waals surface area contributed by atoms with Crippen LogP contribution in [0.2, 0.25) is 0 Å². The lowest BCUT2D eigenvalue weighted by molar-refractivity contribution is 0.255. The Balaban J connectivity index is 2.62. The molecule has 84 valence electrons. The van der Waals surface area contributed by atoms with Crippen LogP contribution in [0.4, 0.5) is 0 Å². The molecule has 0 saturated heterocycles. The molecule has 1 rings (SSSR count). The maximum Gasteiger partial charge on any atom is 0.133 e. The van der Waals surface area contributed by atoms with Gasteiger partial charge in [-0.05, 0) is 39.5 Å². The van der Waals surface area contributed by atoms with E-state index in [9.17, 15) is 0 Å². The van der Waals surface area contributed by atoms with Crippen LogP contribution in [-0.4, -0.2) is 6.61 Å². The Hall–Kier alpha value is -0.210. The third kappa shape index (κ3) is 4.04. The third-order valence-corrected chi connectivity index (χ3v) is 3.30. The van der Waals surface area contributed by atoms with Crippen LogP contribution in [0.3, 0.4) is 0 Å². The summed E-state index contributed by atoms with van der Waals surface area (Å²) in [6, 6.07) is 5.95. The Morgan fingerprint density at radius 3 is 2.73 bits per heavy atom. The van der Waals surface area contributed by atoms with Crippen LogP contribution in [-0.2, 0) is 5.88 Å². The Bertz CT molecular complexity index is 314. The number of ether oxygens (including phenoxy) is 1. The van der Waals surface area contributed by atoms with Crippen molar-refractivity contribution in [3.63, 3.8) is 0 Å². The number of halogens is 2. The second kappa shape index (κ2) is 6.39. The molecule has 1 unspecified atom stereocenters. The zero-order valence-electron chi connectivity index (χ0n) is 9.09. The zero-order chi connectivity index (χ0) is 11.3. The Kier molecular flexibility index (Phi) is 5.48. The van der Waals surface area contributed by atoms with Gasteiger partial charge in [-0.3, -0.25) is 0 Å². The molecule has 0 N–H and O–H groups in total. The number of benzene rings is 1. The standard InChI is InChI=1S/C12H16BrClO/c1-3-9(2)8-15-12-5-4-10(7-14)6-11(12)13/h4-6,9H,3,7-8H2,1-2H3. The summed E-state index contributed by atoms with van der Waals surface area (Å²) in [5.41, 5.74) is 1.10. The number of alkyl halides is 1. The molecule has 0 heterocycles. The van der Waals surface area contributed by atoms with E-state index in [2.05, 4.69) is 29.8 Å². The summed E-state index contributed by atoms with van der Waals surface area (Å²) in [6.45, 7) is 5.11. The maximum absolute atomic E-state index is 5.74. The summed E-state index contributed by atoms with van der Waals surface area (Å²) >= 11 is 9.22. The van der Waals surface area contributed by atoms with E-state index in [0.717, 1.165) is 28.8 Å². The van der Waals surface area contributed by atoms with Crippen LogP contribution >= 0.6 is 27.5 Å². The summed E-state index contributed by atoms with van der Waals surface area (Å²) < 4.78 is 6.67. The molecule has 0 radical (unpaired) electrons. The van der Waals surface area contributed by atoms with Crippen molar-refractivity contribution in [2.45, 2.75) is 26.1 Å². The summed E-state index contributed by atoms with van der Waals surface area (Å²) in [7, 11) is 0. The average Bonchev–Trinajstić information content (AvgIpc) is 2.26. The Morgan fingerprint density at radius 2 is 2.20 bits per heavy atom. The second-order valence-corrected chi connectivity index (χ2v) is 4.84. The minimum Gasteiger partial charge on any atom is -0.492 e. The van der Waals surface area contributed by atoms with Gasteiger partial charge < -0.3 is 4.74 Å². The summed E-state index contributed by atoms with van der Waals surface area (Å²) in [4.78, 5) is 0. The predicted octanol–water partition coefficient (Wildman–Crippen LogP) is 4.61. The highest BCUT2D eigenvalue weighted by molar-refractivity contribution is 9.10. The van der Waals surface area contributed by atoms with Gasteiger partial charge in [-0.25, -0.2) is 0 Å². The summed E-state index contributed by atoms with van der Waals surface area (Å²) in [6.07, 6.45) is 1.14. The highest BCUT2D eigenvalue weighted by Crippen LogP contribution is 2.27. The molecule has 0 bridgehead atoms. The maximum atomic E-state index is 5.74. The van der Waals surface area contributed by atoms with E-state index >= 15 is 0 Å². The fraction of sp³-hybridized carbons (Fsp3) is 0.500. The lowest BCUT2D eigenvalue weighted by Crippen LogP contribution is -2.07. The van der Waals surface area contributed by atoms with E-state index in [1.807, 2.05) is 18.2 Å². The molecule has 3 heteroatoms. The first-order valence-electron chi connectivity index (χ1n) is 5.14. The largest absolute Gasteiger partial charge is 0.492 e. The van der Waals surface area contributed by atoms with E-state index in [1.165, 1.54) is 0 Å². The molecular formula is C12H16BrClO. The SMILES string of the molecule is CCC(C)COc1ccc(CCl)cc1Br. The molecule has 0 aliphatic carbocycles. The van der Waals surface area contributed by atoms with Crippen LogP contribution in [0.1, 0.15) is 25.8 Å². The molecule has 0 aromatic heterocycles. The van der Waals surface area contributed by atoms with Gasteiger partial charge in [0.2, 0.25) is 0 Å². The fourth-order valence-electron chi connectivity index (χ4n) is 1.09. The Morgan fingerprint density at radius 1 is 1.47 bits per heavy atom. The normalized spacial score (nSPS) is 12.5. The molecular weight excluding hydrogens is 275 g/mol. The lowest BCUT2D eigenvalue weighted by Gasteiger charge is -2.12. The molecule has 0 aliphatic heterocycles. The van der Waals surface area contributed by atoms with Crippen LogP contribution in [0.5, 0.6) is 5.75 Å². The van der Waals surface area contributed by atoms with Crippen LogP contribution < -0.4 is 4.74 Å². The predicted molar refractivity (Wildman–Crippen MR) is 68.6 cm³/mol. The summed E-state index contributed by atoms with van der Waals surface area (Å²) in [5.74, 6) is 2.01. The first kappa shape index (κ1) is 12.9. The molecule has 1 aromatic carbocycles. The van der Waals surface area contributed by atoms with Crippen molar-refractivity contribution in [1.82, 2.24) is 0 Å². The highest BCUT2D eigenvalue weighted by atomic mass is 79.9. The van der Waals surface area contributed by atoms with E-state index in [1.54, 1.807) is 0 Å². The van der Waals surface area contributed by atoms with Gasteiger partial charge in [0.1, 0.15) is 5.75 Å². The van der Waals surface area contributed by atoms with Gasteiger partial charge in [0, 0.05) is 5.88 Å². The van der Waals surface area contributed by atoms with Gasteiger partial charge >= 0.3 is 0 Å². The van der Waals surface area contributed by atoms with Crippen molar-refractivity contribution in [2.75, 3.05) is 6.61 Å². The first-order chi connectivity index (χ1) is 7.17. The quantitative estimate of drug-likeness (QED) is 0.720. The average molecular weight is 292 g/mol. The molecule has 0 saturated carbocycles. The number of hydrogen-bond donors (Lipinski definition) is 0. The van der Waals surface area contributed by atoms with E-state index in [0.29, 0.717) is 11.8 Å². The van der Waals surface area contributed by atoms with Gasteiger partial charge in [0.15, 0.2) is 0 Å². The van der Waals surface area contributed by atoms with Gasteiger partial charge in [-0.15, -0.1) is 11.6 Å². The highest BCUT2D eigenvalue weighted by Gasteiger charge is 2.04. The van der Waals surface area contributed by atoms with Gasteiger partial charge in [0.05, 0.1) is 11.1 Å². The monoisotopic (exact) mass is 290 g/mol. The second-order valence-electron chi connectivity index (χ2n) is 3.72. The molecule has 0 amide bonds. The first-order valence-corrected chi connectivity index (χ1v) is 6.47. The smallest absolute Gasteiger partial charge is 0.133 e. The van der Waals surface area contributed by atoms with Crippen molar-refractivity contribution in [1.29, 1.82) is 0 Å². The molecule has 0 aliphatic rings. The van der Waals surface area contributed by atoms with Crippen molar-refractivity contribution >= 4 is 27.5 Å². The number of hydrogen-bond acceptors (Lipinski definition) is 1. The minimum atomic E-state index is 0.532. The molecule has 15 heavy (non-hydrogen) atoms. The van der Waals surface area contributed by atoms with Crippen LogP contribution in [0.15, 0.2) is 22.7 Å². The van der Waals surface area contributed by atoms with E-state index in [-0.39, 0.29) is 0 Å². The topological polar surface area (TPSA) is 9.23 Å².